The molecule has 0 spiro atoms. The molecule has 0 saturated heterocycles. The van der Waals surface area contributed by atoms with E-state index in [1.54, 1.807) is 48.2 Å². The molecule has 9 heteroatoms. The predicted molar refractivity (Wildman–Crippen MR) is 144 cm³/mol. The van der Waals surface area contributed by atoms with E-state index in [1.807, 2.05) is 0 Å². The van der Waals surface area contributed by atoms with Crippen LogP contribution in [0.4, 0.5) is 5.69 Å². The third-order valence-corrected chi connectivity index (χ3v) is 8.38. The summed E-state index contributed by atoms with van der Waals surface area (Å²) >= 11 is 7.78. The Labute approximate surface area is 216 Å². The van der Waals surface area contributed by atoms with Gasteiger partial charge in [0, 0.05) is 17.3 Å². The number of amides is 1. The highest BCUT2D eigenvalue weighted by Gasteiger charge is 2.27. The van der Waals surface area contributed by atoms with Crippen LogP contribution in [-0.4, -0.2) is 40.3 Å². The molecule has 6 nitrogen and oxygen atoms in total. The molecule has 1 N–H and O–H groups in total. The molecule has 3 aromatic carbocycles. The zero-order valence-corrected chi connectivity index (χ0v) is 22.1. The van der Waals surface area contributed by atoms with Crippen LogP contribution >= 0.6 is 23.4 Å². The molecule has 0 aliphatic rings. The second-order valence-corrected chi connectivity index (χ2v) is 11.3. The van der Waals surface area contributed by atoms with E-state index in [-0.39, 0.29) is 17.3 Å². The summed E-state index contributed by atoms with van der Waals surface area (Å²) in [6.45, 7) is 2.19. The number of benzene rings is 3. The Bertz CT molecular complexity index is 1200. The fraction of sp³-hybridized carbons (Fsp3) is 0.269. The number of hydrogen-bond acceptors (Lipinski definition) is 5. The van der Waals surface area contributed by atoms with Crippen molar-refractivity contribution in [1.29, 1.82) is 0 Å². The fourth-order valence-electron chi connectivity index (χ4n) is 3.26. The van der Waals surface area contributed by atoms with E-state index in [0.717, 1.165) is 22.2 Å². The van der Waals surface area contributed by atoms with Crippen LogP contribution in [0, 0.1) is 6.92 Å². The minimum Gasteiger partial charge on any atom is -0.497 e. The van der Waals surface area contributed by atoms with Gasteiger partial charge in [-0.3, -0.25) is 9.10 Å². The Kier molecular flexibility index (Phi) is 9.89. The molecule has 1 amide bonds. The number of anilines is 1. The smallest absolute Gasteiger partial charge is 0.264 e. The number of carbonyl (C=O) groups is 1. The first-order valence-corrected chi connectivity index (χ1v) is 14.1. The molecule has 35 heavy (non-hydrogen) atoms. The molecule has 0 saturated carbocycles. The van der Waals surface area contributed by atoms with Gasteiger partial charge >= 0.3 is 0 Å². The largest absolute Gasteiger partial charge is 0.497 e. The first kappa shape index (κ1) is 26.9. The molecule has 3 rings (SSSR count). The minimum absolute atomic E-state index is 0.0635. The van der Waals surface area contributed by atoms with E-state index in [2.05, 4.69) is 36.5 Å². The van der Waals surface area contributed by atoms with Crippen molar-refractivity contribution < 1.29 is 17.9 Å². The summed E-state index contributed by atoms with van der Waals surface area (Å²) in [6.07, 6.45) is 0.786. The van der Waals surface area contributed by atoms with E-state index < -0.39 is 10.0 Å². The van der Waals surface area contributed by atoms with Crippen LogP contribution in [-0.2, 0) is 20.6 Å². The van der Waals surface area contributed by atoms with Crippen LogP contribution in [0.5, 0.6) is 5.75 Å². The van der Waals surface area contributed by atoms with Crippen LogP contribution in [0.3, 0.4) is 0 Å². The second-order valence-electron chi connectivity index (χ2n) is 7.91. The molecule has 0 aliphatic carbocycles. The SMILES string of the molecule is COc1ccc(S(=O)(=O)N(CC(=O)NCCCSCc2ccc(C)cc2)c2ccc(Cl)cc2)cc1. The van der Waals surface area contributed by atoms with Crippen molar-refractivity contribution in [2.45, 2.75) is 24.0 Å². The number of halogens is 1. The van der Waals surface area contributed by atoms with E-state index in [9.17, 15) is 13.2 Å². The molecule has 0 aliphatic heterocycles. The number of ether oxygens (including phenoxy) is 1. The van der Waals surface area contributed by atoms with Crippen molar-refractivity contribution in [2.24, 2.45) is 0 Å². The van der Waals surface area contributed by atoms with Gasteiger partial charge in [0.2, 0.25) is 5.91 Å². The monoisotopic (exact) mass is 532 g/mol. The number of thioether (sulfide) groups is 1. The van der Waals surface area contributed by atoms with Crippen LogP contribution < -0.4 is 14.4 Å². The average Bonchev–Trinajstić information content (AvgIpc) is 2.86. The van der Waals surface area contributed by atoms with Crippen molar-refractivity contribution in [3.63, 3.8) is 0 Å². The molecular formula is C26H29ClN2O4S2. The number of carbonyl (C=O) groups excluding carboxylic acids is 1. The Morgan fingerprint density at radius 2 is 1.66 bits per heavy atom. The summed E-state index contributed by atoms with van der Waals surface area (Å²) < 4.78 is 33.0. The topological polar surface area (TPSA) is 75.7 Å². The number of sulfonamides is 1. The van der Waals surface area contributed by atoms with Crippen molar-refractivity contribution in [3.8, 4) is 5.75 Å². The lowest BCUT2D eigenvalue weighted by Crippen LogP contribution is -2.41. The van der Waals surface area contributed by atoms with Gasteiger partial charge in [-0.2, -0.15) is 11.8 Å². The highest BCUT2D eigenvalue weighted by molar-refractivity contribution is 7.98. The number of nitrogens with zero attached hydrogens (tertiary/aromatic N) is 1. The number of hydrogen-bond donors (Lipinski definition) is 1. The van der Waals surface area contributed by atoms with E-state index in [4.69, 9.17) is 16.3 Å². The first-order chi connectivity index (χ1) is 16.8. The summed E-state index contributed by atoms with van der Waals surface area (Å²) in [6, 6.07) is 20.9. The lowest BCUT2D eigenvalue weighted by atomic mass is 10.2. The average molecular weight is 533 g/mol. The van der Waals surface area contributed by atoms with Crippen molar-refractivity contribution in [2.75, 3.05) is 30.3 Å². The van der Waals surface area contributed by atoms with Gasteiger partial charge in [0.25, 0.3) is 10.0 Å². The number of methoxy groups -OCH3 is 1. The lowest BCUT2D eigenvalue weighted by Gasteiger charge is -2.24. The van der Waals surface area contributed by atoms with Crippen molar-refractivity contribution >= 4 is 45.0 Å². The van der Waals surface area contributed by atoms with Crippen molar-refractivity contribution in [3.05, 3.63) is 88.9 Å². The van der Waals surface area contributed by atoms with E-state index >= 15 is 0 Å². The Morgan fingerprint density at radius 1 is 1.00 bits per heavy atom. The number of nitrogens with one attached hydrogen (secondary N) is 1. The van der Waals surface area contributed by atoms with Gasteiger partial charge in [0.15, 0.2) is 0 Å². The van der Waals surface area contributed by atoms with Gasteiger partial charge < -0.3 is 10.1 Å². The van der Waals surface area contributed by atoms with Gasteiger partial charge in [0.1, 0.15) is 12.3 Å². The quantitative estimate of drug-likeness (QED) is 0.321. The molecule has 0 aromatic heterocycles. The van der Waals surface area contributed by atoms with Gasteiger partial charge in [-0.1, -0.05) is 41.4 Å². The standard InChI is InChI=1S/C26H29ClN2O4S2/c1-20-4-6-21(7-5-20)19-34-17-3-16-28-26(30)18-29(23-10-8-22(27)9-11-23)35(31,32)25-14-12-24(33-2)13-15-25/h4-15H,3,16-19H2,1-2H3,(H,28,30). The Balaban J connectivity index is 1.59. The van der Waals surface area contributed by atoms with Crippen LogP contribution in [0.15, 0.2) is 77.7 Å². The third kappa shape index (κ3) is 7.92. The van der Waals surface area contributed by atoms with E-state index in [0.29, 0.717) is 23.0 Å². The van der Waals surface area contributed by atoms with Gasteiger partial charge in [-0.15, -0.1) is 0 Å². The first-order valence-electron chi connectivity index (χ1n) is 11.1. The molecule has 0 unspecified atom stereocenters. The Hall–Kier alpha value is -2.68. The molecule has 0 fully saturated rings. The lowest BCUT2D eigenvalue weighted by molar-refractivity contribution is -0.119. The van der Waals surface area contributed by atoms with Crippen LogP contribution in [0.25, 0.3) is 0 Å². The number of aryl methyl sites for hydroxylation is 1. The maximum atomic E-state index is 13.4. The van der Waals surface area contributed by atoms with Gasteiger partial charge in [-0.05, 0) is 73.2 Å². The zero-order chi connectivity index (χ0) is 25.3. The van der Waals surface area contributed by atoms with Crippen LogP contribution in [0.1, 0.15) is 17.5 Å². The minimum atomic E-state index is -3.99. The predicted octanol–water partition coefficient (Wildman–Crippen LogP) is 5.29. The summed E-state index contributed by atoms with van der Waals surface area (Å²) in [5.41, 5.74) is 2.86. The second kappa shape index (κ2) is 12.9. The molecular weight excluding hydrogens is 504 g/mol. The van der Waals surface area contributed by atoms with Gasteiger partial charge in [-0.25, -0.2) is 8.42 Å². The molecule has 0 bridgehead atoms. The fourth-order valence-corrected chi connectivity index (χ4v) is 5.73. The molecule has 0 radical (unpaired) electrons. The Morgan fingerprint density at radius 3 is 2.29 bits per heavy atom. The summed E-state index contributed by atoms with van der Waals surface area (Å²) in [5.74, 6) is 1.97. The maximum Gasteiger partial charge on any atom is 0.264 e. The molecule has 3 aromatic rings. The molecule has 186 valence electrons. The van der Waals surface area contributed by atoms with E-state index in [1.165, 1.54) is 30.4 Å². The molecule has 0 heterocycles. The molecule has 0 atom stereocenters. The summed E-state index contributed by atoms with van der Waals surface area (Å²) in [4.78, 5) is 12.8. The van der Waals surface area contributed by atoms with Crippen molar-refractivity contribution in [1.82, 2.24) is 5.32 Å². The van der Waals surface area contributed by atoms with Gasteiger partial charge in [0.05, 0.1) is 17.7 Å². The normalized spacial score (nSPS) is 11.2. The number of rotatable bonds is 12. The maximum absolute atomic E-state index is 13.4. The zero-order valence-electron chi connectivity index (χ0n) is 19.7. The summed E-state index contributed by atoms with van der Waals surface area (Å²) in [5, 5.41) is 3.31. The van der Waals surface area contributed by atoms with Crippen LogP contribution in [0.2, 0.25) is 5.02 Å². The third-order valence-electron chi connectivity index (χ3n) is 5.23. The summed E-state index contributed by atoms with van der Waals surface area (Å²) in [7, 11) is -2.48. The highest BCUT2D eigenvalue weighted by atomic mass is 35.5. The highest BCUT2D eigenvalue weighted by Crippen LogP contribution is 2.26.